The number of hydrogen-bond acceptors (Lipinski definition) is 4. The average Bonchev–Trinajstić information content (AvgIpc) is 3.15. The van der Waals surface area contributed by atoms with Crippen LogP contribution in [0.15, 0.2) is 79.1 Å². The number of carbonyl (C=O) groups is 2. The third-order valence-electron chi connectivity index (χ3n) is 4.34. The normalized spacial score (nSPS) is 10.6. The zero-order valence-corrected chi connectivity index (χ0v) is 16.3. The van der Waals surface area contributed by atoms with Gasteiger partial charge in [-0.15, -0.1) is 0 Å². The Hall–Kier alpha value is -4.13. The number of amides is 2. The van der Waals surface area contributed by atoms with Gasteiger partial charge in [-0.3, -0.25) is 9.59 Å². The lowest BCUT2D eigenvalue weighted by Gasteiger charge is -2.09. The van der Waals surface area contributed by atoms with Crippen molar-refractivity contribution in [2.75, 3.05) is 10.6 Å². The summed E-state index contributed by atoms with van der Waals surface area (Å²) in [6, 6.07) is 19.7. The molecule has 2 aromatic carbocycles. The number of hydrogen-bond donors (Lipinski definition) is 2. The Labute approximate surface area is 173 Å². The number of ether oxygens (including phenoxy) is 1. The first kappa shape index (κ1) is 19.2. The van der Waals surface area contributed by atoms with Crippen LogP contribution in [0, 0.1) is 0 Å². The van der Waals surface area contributed by atoms with Crippen molar-refractivity contribution in [3.8, 4) is 5.75 Å². The van der Waals surface area contributed by atoms with E-state index in [0.717, 1.165) is 11.3 Å². The van der Waals surface area contributed by atoms with Gasteiger partial charge in [-0.2, -0.15) is 0 Å². The SMILES string of the molecule is CC(=O)Nc1cccc(NC(=O)c2cccc(OCc3cn4ccccc4n3)c2)c1. The number of pyridine rings is 1. The van der Waals surface area contributed by atoms with Gasteiger partial charge < -0.3 is 19.8 Å². The van der Waals surface area contributed by atoms with E-state index >= 15 is 0 Å². The molecule has 0 spiro atoms. The van der Waals surface area contributed by atoms with E-state index < -0.39 is 0 Å². The highest BCUT2D eigenvalue weighted by Gasteiger charge is 2.09. The van der Waals surface area contributed by atoms with E-state index in [1.807, 2.05) is 35.0 Å². The van der Waals surface area contributed by atoms with Crippen LogP contribution in [0.25, 0.3) is 5.65 Å². The summed E-state index contributed by atoms with van der Waals surface area (Å²) in [5, 5.41) is 5.52. The molecular formula is C23H20N4O3. The van der Waals surface area contributed by atoms with Crippen LogP contribution in [0.3, 0.4) is 0 Å². The van der Waals surface area contributed by atoms with Gasteiger partial charge in [0.15, 0.2) is 0 Å². The van der Waals surface area contributed by atoms with E-state index in [1.54, 1.807) is 48.5 Å². The van der Waals surface area contributed by atoms with Crippen molar-refractivity contribution in [1.29, 1.82) is 0 Å². The summed E-state index contributed by atoms with van der Waals surface area (Å²) in [5.74, 6) is 0.133. The summed E-state index contributed by atoms with van der Waals surface area (Å²) < 4.78 is 7.75. The molecule has 2 heterocycles. The third kappa shape index (κ3) is 4.64. The number of nitrogens with one attached hydrogen (secondary N) is 2. The molecule has 150 valence electrons. The van der Waals surface area contributed by atoms with Crippen LogP contribution in [-0.2, 0) is 11.4 Å². The quantitative estimate of drug-likeness (QED) is 0.510. The number of fused-ring (bicyclic) bond motifs is 1. The molecule has 2 aromatic heterocycles. The van der Waals surface area contributed by atoms with Crippen LogP contribution in [0.1, 0.15) is 23.0 Å². The lowest BCUT2D eigenvalue weighted by Crippen LogP contribution is -2.12. The molecule has 0 saturated carbocycles. The molecule has 0 atom stereocenters. The van der Waals surface area contributed by atoms with Gasteiger partial charge in [-0.1, -0.05) is 18.2 Å². The highest BCUT2D eigenvalue weighted by molar-refractivity contribution is 6.04. The maximum Gasteiger partial charge on any atom is 0.255 e. The van der Waals surface area contributed by atoms with Crippen molar-refractivity contribution in [1.82, 2.24) is 9.38 Å². The van der Waals surface area contributed by atoms with Gasteiger partial charge in [-0.25, -0.2) is 4.98 Å². The van der Waals surface area contributed by atoms with Crippen LogP contribution in [0.4, 0.5) is 11.4 Å². The predicted molar refractivity (Wildman–Crippen MR) is 115 cm³/mol. The molecule has 0 bridgehead atoms. The second-order valence-corrected chi connectivity index (χ2v) is 6.73. The Balaban J connectivity index is 1.42. The fourth-order valence-corrected chi connectivity index (χ4v) is 3.02. The van der Waals surface area contributed by atoms with Crippen molar-refractivity contribution in [3.05, 3.63) is 90.4 Å². The van der Waals surface area contributed by atoms with Crippen molar-refractivity contribution < 1.29 is 14.3 Å². The smallest absolute Gasteiger partial charge is 0.255 e. The zero-order chi connectivity index (χ0) is 20.9. The molecule has 0 aliphatic carbocycles. The standard InChI is InChI=1S/C23H20N4O3/c1-16(28)24-18-7-5-8-19(13-18)26-23(29)17-6-4-9-21(12-17)30-15-20-14-27-11-3-2-10-22(27)25-20/h2-14H,15H2,1H3,(H,24,28)(H,26,29). The van der Waals surface area contributed by atoms with Crippen LogP contribution in [0.2, 0.25) is 0 Å². The molecule has 4 rings (SSSR count). The fourth-order valence-electron chi connectivity index (χ4n) is 3.02. The second-order valence-electron chi connectivity index (χ2n) is 6.73. The molecule has 0 radical (unpaired) electrons. The van der Waals surface area contributed by atoms with Crippen LogP contribution in [0.5, 0.6) is 5.75 Å². The van der Waals surface area contributed by atoms with Crippen LogP contribution < -0.4 is 15.4 Å². The molecule has 0 aliphatic heterocycles. The molecule has 0 saturated heterocycles. The molecule has 7 nitrogen and oxygen atoms in total. The maximum absolute atomic E-state index is 12.6. The number of rotatable bonds is 6. The maximum atomic E-state index is 12.6. The first-order valence-corrected chi connectivity index (χ1v) is 9.41. The Bertz CT molecular complexity index is 1180. The van der Waals surface area contributed by atoms with Gasteiger partial charge in [0.05, 0.1) is 5.69 Å². The van der Waals surface area contributed by atoms with Gasteiger partial charge in [-0.05, 0) is 48.5 Å². The minimum absolute atomic E-state index is 0.172. The van der Waals surface area contributed by atoms with E-state index in [-0.39, 0.29) is 11.8 Å². The fraction of sp³-hybridized carbons (Fsp3) is 0.0870. The summed E-state index contributed by atoms with van der Waals surface area (Å²) in [4.78, 5) is 28.3. The Morgan fingerprint density at radius 2 is 1.77 bits per heavy atom. The summed E-state index contributed by atoms with van der Waals surface area (Å²) in [6.07, 6.45) is 3.84. The number of aromatic nitrogens is 2. The summed E-state index contributed by atoms with van der Waals surface area (Å²) >= 11 is 0. The minimum atomic E-state index is -0.270. The number of nitrogens with zero attached hydrogens (tertiary/aromatic N) is 2. The average molecular weight is 400 g/mol. The van der Waals surface area contributed by atoms with E-state index in [2.05, 4.69) is 15.6 Å². The highest BCUT2D eigenvalue weighted by atomic mass is 16.5. The molecule has 0 aliphatic rings. The monoisotopic (exact) mass is 400 g/mol. The Kier molecular flexibility index (Phi) is 5.43. The zero-order valence-electron chi connectivity index (χ0n) is 16.3. The topological polar surface area (TPSA) is 84.7 Å². The molecule has 0 fully saturated rings. The third-order valence-corrected chi connectivity index (χ3v) is 4.34. The van der Waals surface area contributed by atoms with E-state index in [4.69, 9.17) is 4.74 Å². The Morgan fingerprint density at radius 3 is 2.57 bits per heavy atom. The van der Waals surface area contributed by atoms with Crippen molar-refractivity contribution >= 4 is 28.8 Å². The molecule has 30 heavy (non-hydrogen) atoms. The van der Waals surface area contributed by atoms with Gasteiger partial charge in [0.25, 0.3) is 5.91 Å². The summed E-state index contributed by atoms with van der Waals surface area (Å²) in [5.41, 5.74) is 3.32. The lowest BCUT2D eigenvalue weighted by molar-refractivity contribution is -0.114. The highest BCUT2D eigenvalue weighted by Crippen LogP contribution is 2.19. The summed E-state index contributed by atoms with van der Waals surface area (Å²) in [7, 11) is 0. The molecule has 7 heteroatoms. The van der Waals surface area contributed by atoms with Crippen molar-refractivity contribution in [2.24, 2.45) is 0 Å². The second kappa shape index (κ2) is 8.48. The van der Waals surface area contributed by atoms with E-state index in [1.165, 1.54) is 6.92 Å². The van der Waals surface area contributed by atoms with Gasteiger partial charge >= 0.3 is 0 Å². The number of imidazole rings is 1. The van der Waals surface area contributed by atoms with Crippen molar-refractivity contribution in [3.63, 3.8) is 0 Å². The van der Waals surface area contributed by atoms with Crippen molar-refractivity contribution in [2.45, 2.75) is 13.5 Å². The minimum Gasteiger partial charge on any atom is -0.487 e. The van der Waals surface area contributed by atoms with Gasteiger partial charge in [0, 0.05) is 36.3 Å². The molecule has 2 amide bonds. The first-order valence-electron chi connectivity index (χ1n) is 9.41. The predicted octanol–water partition coefficient (Wildman–Crippen LogP) is 4.12. The number of benzene rings is 2. The van der Waals surface area contributed by atoms with Gasteiger partial charge in [0.2, 0.25) is 5.91 Å². The van der Waals surface area contributed by atoms with Crippen LogP contribution >= 0.6 is 0 Å². The molecule has 2 N–H and O–H groups in total. The molecule has 4 aromatic rings. The Morgan fingerprint density at radius 1 is 0.967 bits per heavy atom. The van der Waals surface area contributed by atoms with E-state index in [0.29, 0.717) is 29.3 Å². The van der Waals surface area contributed by atoms with E-state index in [9.17, 15) is 9.59 Å². The molecule has 0 unspecified atom stereocenters. The largest absolute Gasteiger partial charge is 0.487 e. The van der Waals surface area contributed by atoms with Gasteiger partial charge in [0.1, 0.15) is 18.0 Å². The van der Waals surface area contributed by atoms with Crippen LogP contribution in [-0.4, -0.2) is 21.2 Å². The lowest BCUT2D eigenvalue weighted by atomic mass is 10.2. The summed E-state index contributed by atoms with van der Waals surface area (Å²) in [6.45, 7) is 1.73. The molecular weight excluding hydrogens is 380 g/mol. The number of carbonyl (C=O) groups excluding carboxylic acids is 2. The number of anilines is 2. The first-order chi connectivity index (χ1) is 14.6.